The molecule has 0 radical (unpaired) electrons. The summed E-state index contributed by atoms with van der Waals surface area (Å²) in [7, 11) is 0. The highest BCUT2D eigenvalue weighted by atomic mass is 79.9. The zero-order valence-corrected chi connectivity index (χ0v) is 14.3. The fourth-order valence-electron chi connectivity index (χ4n) is 2.44. The molecule has 0 aromatic heterocycles. The highest BCUT2D eigenvalue weighted by molar-refractivity contribution is 9.10. The standard InChI is InChI=1S/C16H24BrNS/c1-12(2)10-18-11-13-7-8-16(15(17)9-13)19-14-5-3-4-6-14/h7-9,12,14,18H,3-6,10-11H2,1-2H3. The van der Waals surface area contributed by atoms with Gasteiger partial charge in [0.1, 0.15) is 0 Å². The molecule has 1 fully saturated rings. The average molecular weight is 342 g/mol. The van der Waals surface area contributed by atoms with E-state index < -0.39 is 0 Å². The van der Waals surface area contributed by atoms with E-state index in [1.165, 1.54) is 40.6 Å². The second-order valence-corrected chi connectivity index (χ2v) is 8.01. The van der Waals surface area contributed by atoms with Crippen molar-refractivity contribution < 1.29 is 0 Å². The normalized spacial score (nSPS) is 16.4. The van der Waals surface area contributed by atoms with Gasteiger partial charge < -0.3 is 5.32 Å². The van der Waals surface area contributed by atoms with Gasteiger partial charge in [0.2, 0.25) is 0 Å². The summed E-state index contributed by atoms with van der Waals surface area (Å²) in [6.07, 6.45) is 5.59. The van der Waals surface area contributed by atoms with E-state index in [1.54, 1.807) is 0 Å². The Morgan fingerprint density at radius 1 is 1.32 bits per heavy atom. The highest BCUT2D eigenvalue weighted by Gasteiger charge is 2.17. The predicted octanol–water partition coefficient (Wildman–Crippen LogP) is 5.23. The second kappa shape index (κ2) is 7.70. The summed E-state index contributed by atoms with van der Waals surface area (Å²) in [5.74, 6) is 0.709. The topological polar surface area (TPSA) is 12.0 Å². The van der Waals surface area contributed by atoms with Crippen molar-refractivity contribution in [3.05, 3.63) is 28.2 Å². The van der Waals surface area contributed by atoms with Crippen molar-refractivity contribution in [1.29, 1.82) is 0 Å². The molecule has 0 saturated heterocycles. The molecular formula is C16H24BrNS. The lowest BCUT2D eigenvalue weighted by Crippen LogP contribution is -2.18. The summed E-state index contributed by atoms with van der Waals surface area (Å²) < 4.78 is 1.26. The molecule has 0 spiro atoms. The first-order chi connectivity index (χ1) is 9.15. The van der Waals surface area contributed by atoms with Crippen LogP contribution in [-0.4, -0.2) is 11.8 Å². The van der Waals surface area contributed by atoms with E-state index in [0.717, 1.165) is 18.3 Å². The lowest BCUT2D eigenvalue weighted by atomic mass is 10.2. The van der Waals surface area contributed by atoms with Gasteiger partial charge in [-0.25, -0.2) is 0 Å². The quantitative estimate of drug-likeness (QED) is 0.760. The summed E-state index contributed by atoms with van der Waals surface area (Å²) in [6, 6.07) is 6.81. The molecule has 2 rings (SSSR count). The van der Waals surface area contributed by atoms with Gasteiger partial charge in [0.15, 0.2) is 0 Å². The summed E-state index contributed by atoms with van der Waals surface area (Å²) in [5.41, 5.74) is 1.36. The molecular weight excluding hydrogens is 318 g/mol. The van der Waals surface area contributed by atoms with Gasteiger partial charge in [-0.1, -0.05) is 32.8 Å². The van der Waals surface area contributed by atoms with E-state index in [2.05, 4.69) is 53.3 Å². The second-order valence-electron chi connectivity index (χ2n) is 5.81. The molecule has 0 unspecified atom stereocenters. The van der Waals surface area contributed by atoms with Crippen molar-refractivity contribution in [3.63, 3.8) is 0 Å². The predicted molar refractivity (Wildman–Crippen MR) is 88.8 cm³/mol. The van der Waals surface area contributed by atoms with Crippen molar-refractivity contribution in [2.24, 2.45) is 5.92 Å². The molecule has 0 bridgehead atoms. The van der Waals surface area contributed by atoms with Gasteiger partial charge in [-0.15, -0.1) is 11.8 Å². The third kappa shape index (κ3) is 5.13. The van der Waals surface area contributed by atoms with E-state index in [4.69, 9.17) is 0 Å². The summed E-state index contributed by atoms with van der Waals surface area (Å²) in [5, 5.41) is 4.33. The van der Waals surface area contributed by atoms with Gasteiger partial charge in [0.25, 0.3) is 0 Å². The molecule has 1 N–H and O–H groups in total. The summed E-state index contributed by atoms with van der Waals surface area (Å²) in [6.45, 7) is 6.52. The Bertz CT molecular complexity index is 400. The van der Waals surface area contributed by atoms with Crippen molar-refractivity contribution in [3.8, 4) is 0 Å². The molecule has 1 saturated carbocycles. The van der Waals surface area contributed by atoms with Crippen molar-refractivity contribution in [2.75, 3.05) is 6.54 Å². The Morgan fingerprint density at radius 3 is 2.68 bits per heavy atom. The van der Waals surface area contributed by atoms with Crippen LogP contribution in [-0.2, 0) is 6.54 Å². The molecule has 1 aromatic carbocycles. The van der Waals surface area contributed by atoms with Crippen LogP contribution < -0.4 is 5.32 Å². The van der Waals surface area contributed by atoms with Crippen LogP contribution in [0.3, 0.4) is 0 Å². The van der Waals surface area contributed by atoms with Crippen LogP contribution in [0.15, 0.2) is 27.6 Å². The molecule has 0 heterocycles. The van der Waals surface area contributed by atoms with Crippen molar-refractivity contribution >= 4 is 27.7 Å². The summed E-state index contributed by atoms with van der Waals surface area (Å²) >= 11 is 5.77. The van der Waals surface area contributed by atoms with Gasteiger partial charge in [0.05, 0.1) is 0 Å². The minimum atomic E-state index is 0.709. The maximum absolute atomic E-state index is 3.73. The van der Waals surface area contributed by atoms with Crippen LogP contribution in [0.5, 0.6) is 0 Å². The largest absolute Gasteiger partial charge is 0.312 e. The minimum Gasteiger partial charge on any atom is -0.312 e. The third-order valence-electron chi connectivity index (χ3n) is 3.47. The monoisotopic (exact) mass is 341 g/mol. The van der Waals surface area contributed by atoms with Gasteiger partial charge in [-0.3, -0.25) is 0 Å². The van der Waals surface area contributed by atoms with Crippen LogP contribution in [0.4, 0.5) is 0 Å². The molecule has 0 atom stereocenters. The molecule has 3 heteroatoms. The van der Waals surface area contributed by atoms with E-state index in [-0.39, 0.29) is 0 Å². The molecule has 1 nitrogen and oxygen atoms in total. The molecule has 1 aliphatic rings. The smallest absolute Gasteiger partial charge is 0.0314 e. The molecule has 106 valence electrons. The Labute approximate surface area is 130 Å². The van der Waals surface area contributed by atoms with Crippen molar-refractivity contribution in [1.82, 2.24) is 5.32 Å². The van der Waals surface area contributed by atoms with Gasteiger partial charge >= 0.3 is 0 Å². The fourth-order valence-corrected chi connectivity index (χ4v) is 4.39. The van der Waals surface area contributed by atoms with Crippen LogP contribution in [0.1, 0.15) is 45.1 Å². The molecule has 19 heavy (non-hydrogen) atoms. The molecule has 0 amide bonds. The van der Waals surface area contributed by atoms with E-state index >= 15 is 0 Å². The number of hydrogen-bond donors (Lipinski definition) is 1. The highest BCUT2D eigenvalue weighted by Crippen LogP contribution is 2.38. The molecule has 1 aromatic rings. The molecule has 1 aliphatic carbocycles. The van der Waals surface area contributed by atoms with Crippen LogP contribution in [0, 0.1) is 5.92 Å². The lowest BCUT2D eigenvalue weighted by molar-refractivity contribution is 0.552. The van der Waals surface area contributed by atoms with Gasteiger partial charge in [-0.05, 0) is 58.9 Å². The van der Waals surface area contributed by atoms with E-state index in [0.29, 0.717) is 5.92 Å². The fraction of sp³-hybridized carbons (Fsp3) is 0.625. The number of nitrogens with one attached hydrogen (secondary N) is 1. The van der Waals surface area contributed by atoms with Gasteiger partial charge in [-0.2, -0.15) is 0 Å². The third-order valence-corrected chi connectivity index (χ3v) is 5.81. The number of hydrogen-bond acceptors (Lipinski definition) is 2. The first-order valence-electron chi connectivity index (χ1n) is 7.31. The number of thioether (sulfide) groups is 1. The first-order valence-corrected chi connectivity index (χ1v) is 8.98. The Morgan fingerprint density at radius 2 is 2.05 bits per heavy atom. The van der Waals surface area contributed by atoms with Crippen molar-refractivity contribution in [2.45, 2.75) is 56.2 Å². The zero-order chi connectivity index (χ0) is 13.7. The Kier molecular flexibility index (Phi) is 6.24. The zero-order valence-electron chi connectivity index (χ0n) is 11.9. The molecule has 0 aliphatic heterocycles. The number of rotatable bonds is 6. The number of halogens is 1. The van der Waals surface area contributed by atoms with Crippen LogP contribution >= 0.6 is 27.7 Å². The Balaban J connectivity index is 1.88. The Hall–Kier alpha value is 0.01000. The minimum absolute atomic E-state index is 0.709. The maximum atomic E-state index is 3.73. The van der Waals surface area contributed by atoms with E-state index in [1.807, 2.05) is 11.8 Å². The maximum Gasteiger partial charge on any atom is 0.0314 e. The number of benzene rings is 1. The lowest BCUT2D eigenvalue weighted by Gasteiger charge is -2.12. The van der Waals surface area contributed by atoms with Crippen LogP contribution in [0.2, 0.25) is 0 Å². The summed E-state index contributed by atoms with van der Waals surface area (Å²) in [4.78, 5) is 1.40. The van der Waals surface area contributed by atoms with Gasteiger partial charge in [0, 0.05) is 21.2 Å². The average Bonchev–Trinajstić information content (AvgIpc) is 2.85. The SMILES string of the molecule is CC(C)CNCc1ccc(SC2CCCC2)c(Br)c1. The van der Waals surface area contributed by atoms with Crippen LogP contribution in [0.25, 0.3) is 0 Å². The first kappa shape index (κ1) is 15.4. The van der Waals surface area contributed by atoms with E-state index in [9.17, 15) is 0 Å².